The van der Waals surface area contributed by atoms with Gasteiger partial charge in [0.2, 0.25) is 5.91 Å². The van der Waals surface area contributed by atoms with Crippen molar-refractivity contribution in [3.8, 4) is 0 Å². The molecule has 0 aliphatic heterocycles. The molecule has 2 N–H and O–H groups in total. The minimum atomic E-state index is -1.67. The Morgan fingerprint density at radius 2 is 2.06 bits per heavy atom. The lowest BCUT2D eigenvalue weighted by Gasteiger charge is -2.26. The summed E-state index contributed by atoms with van der Waals surface area (Å²) < 4.78 is 1.05. The van der Waals surface area contributed by atoms with Crippen LogP contribution in [0.25, 0.3) is 10.1 Å². The molecule has 94 valence electrons. The number of amides is 1. The largest absolute Gasteiger partial charge is 0.549 e. The van der Waals surface area contributed by atoms with Crippen LogP contribution < -0.4 is 10.8 Å². The van der Waals surface area contributed by atoms with E-state index in [2.05, 4.69) is 0 Å². The number of carboxylic acid groups (broad SMARTS) is 1. The van der Waals surface area contributed by atoms with Crippen molar-refractivity contribution >= 4 is 33.3 Å². The van der Waals surface area contributed by atoms with E-state index in [-0.39, 0.29) is 6.42 Å². The number of rotatable bonds is 4. The summed E-state index contributed by atoms with van der Waals surface area (Å²) >= 11 is 1.46. The first-order valence-electron chi connectivity index (χ1n) is 5.42. The van der Waals surface area contributed by atoms with Crippen molar-refractivity contribution in [2.45, 2.75) is 13.3 Å². The van der Waals surface area contributed by atoms with E-state index in [9.17, 15) is 14.7 Å². The summed E-state index contributed by atoms with van der Waals surface area (Å²) in [6.07, 6.45) is 0.0595. The zero-order valence-electron chi connectivity index (χ0n) is 9.80. The van der Waals surface area contributed by atoms with Gasteiger partial charge in [-0.2, -0.15) is 0 Å². The van der Waals surface area contributed by atoms with Gasteiger partial charge >= 0.3 is 0 Å². The van der Waals surface area contributed by atoms with Crippen LogP contribution in [-0.4, -0.2) is 11.9 Å². The van der Waals surface area contributed by atoms with Gasteiger partial charge in [0.25, 0.3) is 0 Å². The topological polar surface area (TPSA) is 83.2 Å². The molecule has 0 fully saturated rings. The lowest BCUT2D eigenvalue weighted by atomic mass is 9.85. The highest BCUT2D eigenvalue weighted by Gasteiger charge is 2.33. The Kier molecular flexibility index (Phi) is 3.09. The molecular weight excluding hydrogens is 250 g/mol. The van der Waals surface area contributed by atoms with E-state index in [1.54, 1.807) is 0 Å². The maximum Gasteiger partial charge on any atom is 0.229 e. The second-order valence-corrected chi connectivity index (χ2v) is 5.58. The highest BCUT2D eigenvalue weighted by molar-refractivity contribution is 7.19. The number of aliphatic carboxylic acids is 1. The second kappa shape index (κ2) is 4.42. The van der Waals surface area contributed by atoms with Crippen molar-refractivity contribution in [1.29, 1.82) is 0 Å². The average molecular weight is 262 g/mol. The van der Waals surface area contributed by atoms with Crippen LogP contribution in [-0.2, 0) is 16.0 Å². The number of primary amides is 1. The molecule has 0 spiro atoms. The number of benzene rings is 1. The normalized spacial score (nSPS) is 14.3. The maximum atomic E-state index is 11.3. The zero-order valence-corrected chi connectivity index (χ0v) is 10.6. The summed E-state index contributed by atoms with van der Waals surface area (Å²) in [5.74, 6) is -2.31. The van der Waals surface area contributed by atoms with Gasteiger partial charge in [-0.25, -0.2) is 0 Å². The molecule has 0 bridgehead atoms. The van der Waals surface area contributed by atoms with Crippen LogP contribution in [0.1, 0.15) is 11.8 Å². The molecule has 0 aliphatic rings. The second-order valence-electron chi connectivity index (χ2n) is 4.41. The van der Waals surface area contributed by atoms with E-state index < -0.39 is 17.3 Å². The molecule has 18 heavy (non-hydrogen) atoms. The SMILES string of the molecule is CC(Cc1cc2ccccc2s1)(C(N)=O)C(=O)[O-]. The van der Waals surface area contributed by atoms with Gasteiger partial charge in [0.05, 0.1) is 11.4 Å². The Bertz CT molecular complexity index is 570. The molecule has 0 saturated carbocycles. The van der Waals surface area contributed by atoms with Gasteiger partial charge in [-0.15, -0.1) is 11.3 Å². The number of carbonyl (C=O) groups is 2. The molecule has 5 heteroatoms. The molecule has 1 aromatic carbocycles. The fourth-order valence-corrected chi connectivity index (χ4v) is 2.95. The molecule has 4 nitrogen and oxygen atoms in total. The molecule has 0 saturated heterocycles. The summed E-state index contributed by atoms with van der Waals surface area (Å²) in [6.45, 7) is 1.30. The Hall–Kier alpha value is -1.88. The molecule has 1 aromatic heterocycles. The number of hydrogen-bond acceptors (Lipinski definition) is 4. The number of hydrogen-bond donors (Lipinski definition) is 1. The van der Waals surface area contributed by atoms with Gasteiger partial charge in [0, 0.05) is 16.0 Å². The van der Waals surface area contributed by atoms with E-state index in [4.69, 9.17) is 5.73 Å². The molecule has 1 amide bonds. The van der Waals surface area contributed by atoms with Crippen LogP contribution in [0.15, 0.2) is 30.3 Å². The third-order valence-electron chi connectivity index (χ3n) is 3.00. The predicted octanol–water partition coefficient (Wildman–Crippen LogP) is 0.685. The van der Waals surface area contributed by atoms with Crippen molar-refractivity contribution in [1.82, 2.24) is 0 Å². The molecular formula is C13H12NO3S-. The van der Waals surface area contributed by atoms with E-state index in [1.807, 2.05) is 30.3 Å². The number of fused-ring (bicyclic) bond motifs is 1. The van der Waals surface area contributed by atoms with E-state index in [0.717, 1.165) is 15.0 Å². The van der Waals surface area contributed by atoms with Crippen molar-refractivity contribution < 1.29 is 14.7 Å². The summed E-state index contributed by atoms with van der Waals surface area (Å²) in [6, 6.07) is 9.59. The fraction of sp³-hybridized carbons (Fsp3) is 0.231. The van der Waals surface area contributed by atoms with Crippen LogP contribution in [0, 0.1) is 5.41 Å². The lowest BCUT2D eigenvalue weighted by molar-refractivity contribution is -0.316. The van der Waals surface area contributed by atoms with Crippen molar-refractivity contribution in [2.24, 2.45) is 11.1 Å². The first kappa shape index (κ1) is 12.6. The number of nitrogens with two attached hydrogens (primary N) is 1. The van der Waals surface area contributed by atoms with Crippen LogP contribution in [0.3, 0.4) is 0 Å². The summed E-state index contributed by atoms with van der Waals surface area (Å²) in [5, 5.41) is 12.1. The highest BCUT2D eigenvalue weighted by Crippen LogP contribution is 2.30. The van der Waals surface area contributed by atoms with Gasteiger partial charge < -0.3 is 15.6 Å². The van der Waals surface area contributed by atoms with Crippen molar-refractivity contribution in [2.75, 3.05) is 0 Å². The van der Waals surface area contributed by atoms with E-state index in [1.165, 1.54) is 18.3 Å². The molecule has 2 aromatic rings. The maximum absolute atomic E-state index is 11.3. The molecule has 0 aliphatic carbocycles. The minimum Gasteiger partial charge on any atom is -0.549 e. The highest BCUT2D eigenvalue weighted by atomic mass is 32.1. The average Bonchev–Trinajstić information content (AvgIpc) is 2.70. The van der Waals surface area contributed by atoms with E-state index in [0.29, 0.717) is 0 Å². The fourth-order valence-electron chi connectivity index (χ4n) is 1.73. The van der Waals surface area contributed by atoms with Crippen LogP contribution in [0.4, 0.5) is 0 Å². The number of carboxylic acids is 1. The summed E-state index contributed by atoms with van der Waals surface area (Å²) in [4.78, 5) is 23.2. The minimum absolute atomic E-state index is 0.0595. The third kappa shape index (κ3) is 2.09. The van der Waals surface area contributed by atoms with Gasteiger partial charge in [0.1, 0.15) is 0 Å². The third-order valence-corrected chi connectivity index (χ3v) is 4.11. The summed E-state index contributed by atoms with van der Waals surface area (Å²) in [5.41, 5.74) is 3.49. The molecule has 0 radical (unpaired) electrons. The molecule has 1 unspecified atom stereocenters. The Morgan fingerprint density at radius 1 is 1.39 bits per heavy atom. The van der Waals surface area contributed by atoms with Crippen molar-refractivity contribution in [3.05, 3.63) is 35.2 Å². The molecule has 1 heterocycles. The standard InChI is InChI=1S/C13H13NO3S/c1-13(11(14)15,12(16)17)7-9-6-8-4-2-3-5-10(8)18-9/h2-6H,7H2,1H3,(H2,14,15)(H,16,17)/p-1. The number of carbonyl (C=O) groups excluding carboxylic acids is 2. The molecule has 2 rings (SSSR count). The summed E-state index contributed by atoms with van der Waals surface area (Å²) in [7, 11) is 0. The lowest BCUT2D eigenvalue weighted by Crippen LogP contribution is -2.50. The first-order valence-corrected chi connectivity index (χ1v) is 6.24. The Balaban J connectivity index is 2.38. The predicted molar refractivity (Wildman–Crippen MR) is 67.8 cm³/mol. The zero-order chi connectivity index (χ0) is 13.3. The van der Waals surface area contributed by atoms with Gasteiger partial charge in [0.15, 0.2) is 0 Å². The van der Waals surface area contributed by atoms with Crippen LogP contribution in [0.2, 0.25) is 0 Å². The van der Waals surface area contributed by atoms with Crippen LogP contribution >= 0.6 is 11.3 Å². The molecule has 1 atom stereocenters. The van der Waals surface area contributed by atoms with Crippen LogP contribution in [0.5, 0.6) is 0 Å². The number of thiophene rings is 1. The smallest absolute Gasteiger partial charge is 0.229 e. The van der Waals surface area contributed by atoms with Gasteiger partial charge in [-0.05, 0) is 24.4 Å². The van der Waals surface area contributed by atoms with Crippen molar-refractivity contribution in [3.63, 3.8) is 0 Å². The van der Waals surface area contributed by atoms with E-state index >= 15 is 0 Å². The van der Waals surface area contributed by atoms with Gasteiger partial charge in [-0.3, -0.25) is 4.79 Å². The first-order chi connectivity index (χ1) is 8.43. The van der Waals surface area contributed by atoms with Gasteiger partial charge in [-0.1, -0.05) is 18.2 Å². The quantitative estimate of drug-likeness (QED) is 0.823. The Labute approximate surface area is 108 Å². The monoisotopic (exact) mass is 262 g/mol. The Morgan fingerprint density at radius 3 is 2.61 bits per heavy atom.